The van der Waals surface area contributed by atoms with Gasteiger partial charge in [0.15, 0.2) is 11.6 Å². The number of nitrogens with one attached hydrogen (secondary N) is 1. The molecule has 0 saturated heterocycles. The minimum Gasteiger partial charge on any atom is -0.393 e. The Hall–Kier alpha value is -3.60. The predicted molar refractivity (Wildman–Crippen MR) is 131 cm³/mol. The van der Waals surface area contributed by atoms with Crippen LogP contribution in [0.25, 0.3) is 10.8 Å². The highest BCUT2D eigenvalue weighted by atomic mass is 15.2. The maximum absolute atomic E-state index is 6.56. The van der Waals surface area contributed by atoms with E-state index in [1.54, 1.807) is 6.33 Å². The Kier molecular flexibility index (Phi) is 6.32. The quantitative estimate of drug-likeness (QED) is 0.348. The molecule has 0 unspecified atom stereocenters. The molecule has 0 aliphatic heterocycles. The van der Waals surface area contributed by atoms with Crippen molar-refractivity contribution < 1.29 is 0 Å². The molecule has 0 spiro atoms. The molecule has 4 aromatic rings. The normalized spacial score (nSPS) is 10.9. The summed E-state index contributed by atoms with van der Waals surface area (Å²) in [5.74, 6) is 1.32. The zero-order valence-electron chi connectivity index (χ0n) is 18.2. The molecular weight excluding hydrogens is 382 g/mol. The topological polar surface area (TPSA) is 67.1 Å². The van der Waals surface area contributed by atoms with Crippen molar-refractivity contribution in [2.45, 2.75) is 33.1 Å². The Morgan fingerprint density at radius 2 is 1.68 bits per heavy atom. The number of aryl methyl sites for hydroxylation is 1. The van der Waals surface area contributed by atoms with E-state index in [0.717, 1.165) is 24.3 Å². The summed E-state index contributed by atoms with van der Waals surface area (Å²) >= 11 is 0. The van der Waals surface area contributed by atoms with E-state index in [0.29, 0.717) is 17.3 Å². The van der Waals surface area contributed by atoms with Crippen LogP contribution in [0.5, 0.6) is 0 Å². The molecular formula is C26H29N5. The number of hydrogen-bond acceptors (Lipinski definition) is 5. The number of benzene rings is 3. The second-order valence-corrected chi connectivity index (χ2v) is 7.63. The van der Waals surface area contributed by atoms with Gasteiger partial charge in [-0.15, -0.1) is 0 Å². The summed E-state index contributed by atoms with van der Waals surface area (Å²) in [7, 11) is 0. The minimum atomic E-state index is 0.535. The van der Waals surface area contributed by atoms with Gasteiger partial charge in [-0.1, -0.05) is 61.9 Å². The summed E-state index contributed by atoms with van der Waals surface area (Å²) < 4.78 is 0. The molecule has 0 atom stereocenters. The van der Waals surface area contributed by atoms with Gasteiger partial charge >= 0.3 is 0 Å². The number of unbranched alkanes of at least 4 members (excludes halogenated alkanes) is 1. The van der Waals surface area contributed by atoms with Crippen LogP contribution in [0.4, 0.5) is 28.7 Å². The van der Waals surface area contributed by atoms with Crippen molar-refractivity contribution in [3.05, 3.63) is 78.6 Å². The molecule has 3 N–H and O–H groups in total. The number of rotatable bonds is 8. The summed E-state index contributed by atoms with van der Waals surface area (Å²) in [4.78, 5) is 11.1. The van der Waals surface area contributed by atoms with E-state index >= 15 is 0 Å². The second kappa shape index (κ2) is 9.47. The Morgan fingerprint density at radius 1 is 0.903 bits per heavy atom. The molecule has 31 heavy (non-hydrogen) atoms. The molecule has 0 saturated carbocycles. The van der Waals surface area contributed by atoms with Gasteiger partial charge in [0.1, 0.15) is 12.0 Å². The Bertz CT molecular complexity index is 1150. The standard InChI is InChI=1S/C26H29N5/c1-3-5-9-19-14-16-21(17-15-19)30-25-24(27)26(29-18-28-25)31(4-2)23-13-8-11-20-10-6-7-12-22(20)23/h6-8,10-18H,3-5,9,27H2,1-2H3,(H,28,29,30). The van der Waals surface area contributed by atoms with Crippen molar-refractivity contribution in [1.82, 2.24) is 9.97 Å². The van der Waals surface area contributed by atoms with Crippen LogP contribution in [-0.4, -0.2) is 16.5 Å². The third-order valence-electron chi connectivity index (χ3n) is 5.53. The van der Waals surface area contributed by atoms with Crippen molar-refractivity contribution in [3.63, 3.8) is 0 Å². The summed E-state index contributed by atoms with van der Waals surface area (Å²) in [6, 6.07) is 23.1. The van der Waals surface area contributed by atoms with Crippen molar-refractivity contribution >= 4 is 39.5 Å². The zero-order valence-corrected chi connectivity index (χ0v) is 18.2. The molecule has 0 radical (unpaired) electrons. The number of nitrogens with zero attached hydrogens (tertiary/aromatic N) is 3. The van der Waals surface area contributed by atoms with E-state index in [4.69, 9.17) is 5.73 Å². The fourth-order valence-electron chi connectivity index (χ4n) is 3.85. The number of aromatic nitrogens is 2. The lowest BCUT2D eigenvalue weighted by atomic mass is 10.1. The molecule has 5 heteroatoms. The molecule has 0 bridgehead atoms. The van der Waals surface area contributed by atoms with Crippen LogP contribution in [0.1, 0.15) is 32.3 Å². The largest absolute Gasteiger partial charge is 0.393 e. The maximum Gasteiger partial charge on any atom is 0.161 e. The first kappa shape index (κ1) is 20.7. The van der Waals surface area contributed by atoms with Crippen molar-refractivity contribution in [1.29, 1.82) is 0 Å². The summed E-state index contributed by atoms with van der Waals surface area (Å²) in [6.07, 6.45) is 5.07. The van der Waals surface area contributed by atoms with E-state index in [-0.39, 0.29) is 0 Å². The van der Waals surface area contributed by atoms with Gasteiger partial charge in [0, 0.05) is 17.6 Å². The highest BCUT2D eigenvalue weighted by molar-refractivity contribution is 5.97. The molecule has 1 heterocycles. The molecule has 0 fully saturated rings. The first-order chi connectivity index (χ1) is 15.2. The van der Waals surface area contributed by atoms with Crippen molar-refractivity contribution in [2.24, 2.45) is 0 Å². The molecule has 0 aliphatic carbocycles. The van der Waals surface area contributed by atoms with Gasteiger partial charge in [-0.2, -0.15) is 0 Å². The van der Waals surface area contributed by atoms with Crippen LogP contribution in [0, 0.1) is 0 Å². The lowest BCUT2D eigenvalue weighted by Gasteiger charge is -2.25. The number of nitrogen functional groups attached to an aromatic ring is 1. The molecule has 4 rings (SSSR count). The molecule has 3 aromatic carbocycles. The average molecular weight is 412 g/mol. The van der Waals surface area contributed by atoms with Gasteiger partial charge in [0.05, 0.1) is 5.69 Å². The van der Waals surface area contributed by atoms with E-state index in [2.05, 4.69) is 101 Å². The highest BCUT2D eigenvalue weighted by Gasteiger charge is 2.17. The Morgan fingerprint density at radius 3 is 2.45 bits per heavy atom. The molecule has 0 amide bonds. The lowest BCUT2D eigenvalue weighted by molar-refractivity contribution is 0.795. The summed E-state index contributed by atoms with van der Waals surface area (Å²) in [6.45, 7) is 5.05. The first-order valence-corrected chi connectivity index (χ1v) is 10.9. The van der Waals surface area contributed by atoms with E-state index in [1.165, 1.54) is 29.2 Å². The minimum absolute atomic E-state index is 0.535. The molecule has 158 valence electrons. The van der Waals surface area contributed by atoms with Crippen LogP contribution in [0.15, 0.2) is 73.1 Å². The molecule has 5 nitrogen and oxygen atoms in total. The van der Waals surface area contributed by atoms with E-state index in [9.17, 15) is 0 Å². The highest BCUT2D eigenvalue weighted by Crippen LogP contribution is 2.36. The van der Waals surface area contributed by atoms with E-state index in [1.807, 2.05) is 0 Å². The van der Waals surface area contributed by atoms with Crippen molar-refractivity contribution in [3.8, 4) is 0 Å². The lowest BCUT2D eigenvalue weighted by Crippen LogP contribution is -2.20. The molecule has 0 aliphatic rings. The van der Waals surface area contributed by atoms with Crippen LogP contribution >= 0.6 is 0 Å². The summed E-state index contributed by atoms with van der Waals surface area (Å²) in [5.41, 5.74) is 10.5. The van der Waals surface area contributed by atoms with Crippen LogP contribution in [-0.2, 0) is 6.42 Å². The Labute approximate surface area is 184 Å². The maximum atomic E-state index is 6.56. The average Bonchev–Trinajstić information content (AvgIpc) is 2.81. The number of fused-ring (bicyclic) bond motifs is 1. The summed E-state index contributed by atoms with van der Waals surface area (Å²) in [5, 5.41) is 5.72. The third-order valence-corrected chi connectivity index (χ3v) is 5.53. The van der Waals surface area contributed by atoms with Crippen LogP contribution < -0.4 is 16.0 Å². The second-order valence-electron chi connectivity index (χ2n) is 7.63. The Balaban J connectivity index is 1.64. The van der Waals surface area contributed by atoms with Gasteiger partial charge in [-0.05, 0) is 48.9 Å². The zero-order chi connectivity index (χ0) is 21.6. The monoisotopic (exact) mass is 411 g/mol. The van der Waals surface area contributed by atoms with Gasteiger partial charge in [-0.3, -0.25) is 0 Å². The van der Waals surface area contributed by atoms with Gasteiger partial charge in [0.25, 0.3) is 0 Å². The van der Waals surface area contributed by atoms with Crippen LogP contribution in [0.3, 0.4) is 0 Å². The van der Waals surface area contributed by atoms with E-state index < -0.39 is 0 Å². The third kappa shape index (κ3) is 4.45. The predicted octanol–water partition coefficient (Wildman–Crippen LogP) is 6.46. The number of nitrogens with two attached hydrogens (primary N) is 1. The van der Waals surface area contributed by atoms with Gasteiger partial charge < -0.3 is 16.0 Å². The molecule has 1 aromatic heterocycles. The first-order valence-electron chi connectivity index (χ1n) is 10.9. The van der Waals surface area contributed by atoms with Crippen LogP contribution in [0.2, 0.25) is 0 Å². The smallest absolute Gasteiger partial charge is 0.161 e. The SMILES string of the molecule is CCCCc1ccc(Nc2ncnc(N(CC)c3cccc4ccccc34)c2N)cc1. The number of anilines is 5. The fourth-order valence-corrected chi connectivity index (χ4v) is 3.85. The van der Waals surface area contributed by atoms with Crippen molar-refractivity contribution in [2.75, 3.05) is 22.5 Å². The fraction of sp³-hybridized carbons (Fsp3) is 0.231. The number of hydrogen-bond donors (Lipinski definition) is 2. The van der Waals surface area contributed by atoms with Gasteiger partial charge in [-0.25, -0.2) is 9.97 Å². The van der Waals surface area contributed by atoms with Gasteiger partial charge in [0.2, 0.25) is 0 Å².